The van der Waals surface area contributed by atoms with Gasteiger partial charge in [-0.3, -0.25) is 15.0 Å². The van der Waals surface area contributed by atoms with Gasteiger partial charge in [0.15, 0.2) is 0 Å². The van der Waals surface area contributed by atoms with Gasteiger partial charge in [-0.05, 0) is 31.0 Å². The summed E-state index contributed by atoms with van der Waals surface area (Å²) in [7, 11) is 0. The molecule has 0 bridgehead atoms. The van der Waals surface area contributed by atoms with Crippen molar-refractivity contribution in [1.82, 2.24) is 25.0 Å². The molecule has 1 atom stereocenters. The van der Waals surface area contributed by atoms with Crippen LogP contribution in [-0.4, -0.2) is 57.7 Å². The minimum Gasteiger partial charge on any atom is -0.300 e. The molecule has 1 saturated heterocycles. The third kappa shape index (κ3) is 4.50. The molecular weight excluding hydrogens is 403 g/mol. The highest BCUT2D eigenvalue weighted by Gasteiger charge is 2.45. The van der Waals surface area contributed by atoms with Crippen LogP contribution in [0.25, 0.3) is 0 Å². The SMILES string of the molecule is CC(c1ccn[nH]1)(c1cnccc1C(F)(F)F)N1CCN(CCc2ccccc2)CC1. The zero-order valence-electron chi connectivity index (χ0n) is 17.4. The molecular formula is C23H26F3N5. The van der Waals surface area contributed by atoms with E-state index in [1.807, 2.05) is 25.1 Å². The summed E-state index contributed by atoms with van der Waals surface area (Å²) >= 11 is 0. The van der Waals surface area contributed by atoms with Gasteiger partial charge in [0.2, 0.25) is 0 Å². The van der Waals surface area contributed by atoms with E-state index in [9.17, 15) is 13.2 Å². The summed E-state index contributed by atoms with van der Waals surface area (Å²) in [6.45, 7) is 5.63. The summed E-state index contributed by atoms with van der Waals surface area (Å²) in [4.78, 5) is 8.51. The molecule has 0 aliphatic carbocycles. The van der Waals surface area contributed by atoms with Crippen LogP contribution in [0.15, 0.2) is 61.1 Å². The summed E-state index contributed by atoms with van der Waals surface area (Å²) in [5.41, 5.74) is 0.387. The van der Waals surface area contributed by atoms with Gasteiger partial charge in [-0.25, -0.2) is 0 Å². The zero-order valence-corrected chi connectivity index (χ0v) is 17.4. The van der Waals surface area contributed by atoms with Gasteiger partial charge < -0.3 is 4.90 Å². The van der Waals surface area contributed by atoms with Crippen molar-refractivity contribution in [3.63, 3.8) is 0 Å². The van der Waals surface area contributed by atoms with Crippen LogP contribution in [0.3, 0.4) is 0 Å². The molecule has 0 spiro atoms. The standard InChI is InChI=1S/C23H26F3N5/c1-22(21-8-11-28-29-21,20-17-27-10-7-19(20)23(24,25)26)31-15-13-30(14-16-31)12-9-18-5-3-2-4-6-18/h2-8,10-11,17H,9,12-16H2,1H3,(H,28,29). The van der Waals surface area contributed by atoms with E-state index in [2.05, 4.69) is 37.1 Å². The number of hydrogen-bond acceptors (Lipinski definition) is 4. The normalized spacial score (nSPS) is 18.1. The Morgan fingerprint density at radius 3 is 2.32 bits per heavy atom. The maximum absolute atomic E-state index is 13.8. The van der Waals surface area contributed by atoms with Crippen molar-refractivity contribution in [3.05, 3.63) is 83.4 Å². The maximum Gasteiger partial charge on any atom is 0.416 e. The first kappa shape index (κ1) is 21.5. The number of halogens is 3. The highest BCUT2D eigenvalue weighted by Crippen LogP contribution is 2.42. The van der Waals surface area contributed by atoms with E-state index in [0.29, 0.717) is 18.8 Å². The third-order valence-corrected chi connectivity index (χ3v) is 6.24. The summed E-state index contributed by atoms with van der Waals surface area (Å²) in [5.74, 6) is 0. The Bertz CT molecular complexity index is 966. The molecule has 8 heteroatoms. The summed E-state index contributed by atoms with van der Waals surface area (Å²) in [5, 5.41) is 6.92. The average Bonchev–Trinajstić information content (AvgIpc) is 3.33. The third-order valence-electron chi connectivity index (χ3n) is 6.24. The van der Waals surface area contributed by atoms with E-state index >= 15 is 0 Å². The Labute approximate surface area is 179 Å². The monoisotopic (exact) mass is 429 g/mol. The highest BCUT2D eigenvalue weighted by molar-refractivity contribution is 5.39. The number of piperazine rings is 1. The van der Waals surface area contributed by atoms with Gasteiger partial charge in [0.05, 0.1) is 16.8 Å². The Balaban J connectivity index is 1.55. The second-order valence-corrected chi connectivity index (χ2v) is 8.03. The fourth-order valence-electron chi connectivity index (χ4n) is 4.39. The van der Waals surface area contributed by atoms with Gasteiger partial charge in [-0.15, -0.1) is 0 Å². The smallest absolute Gasteiger partial charge is 0.300 e. The first-order valence-corrected chi connectivity index (χ1v) is 10.4. The molecule has 3 heterocycles. The van der Waals surface area contributed by atoms with Crippen molar-refractivity contribution in [2.24, 2.45) is 0 Å². The molecule has 1 fully saturated rings. The van der Waals surface area contributed by atoms with Gasteiger partial charge in [-0.1, -0.05) is 30.3 Å². The predicted octanol–water partition coefficient (Wildman–Crippen LogP) is 3.95. The molecule has 1 aromatic carbocycles. The van der Waals surface area contributed by atoms with Crippen LogP contribution >= 0.6 is 0 Å². The lowest BCUT2D eigenvalue weighted by Gasteiger charge is -2.46. The fourth-order valence-corrected chi connectivity index (χ4v) is 4.39. The van der Waals surface area contributed by atoms with E-state index in [-0.39, 0.29) is 5.56 Å². The fraction of sp³-hybridized carbons (Fsp3) is 0.391. The lowest BCUT2D eigenvalue weighted by Crippen LogP contribution is -2.55. The number of aromatic amines is 1. The van der Waals surface area contributed by atoms with Crippen LogP contribution in [0.2, 0.25) is 0 Å². The van der Waals surface area contributed by atoms with E-state index in [4.69, 9.17) is 0 Å². The van der Waals surface area contributed by atoms with Crippen molar-refractivity contribution >= 4 is 0 Å². The van der Waals surface area contributed by atoms with E-state index in [1.165, 1.54) is 18.0 Å². The minimum atomic E-state index is -4.46. The molecule has 1 unspecified atom stereocenters. The number of alkyl halides is 3. The van der Waals surface area contributed by atoms with Crippen LogP contribution in [0.1, 0.15) is 29.3 Å². The number of pyridine rings is 1. The average molecular weight is 429 g/mol. The van der Waals surface area contributed by atoms with Gasteiger partial charge in [0.25, 0.3) is 0 Å². The van der Waals surface area contributed by atoms with Crippen LogP contribution < -0.4 is 0 Å². The van der Waals surface area contributed by atoms with Gasteiger partial charge in [0.1, 0.15) is 0 Å². The number of hydrogen-bond donors (Lipinski definition) is 1. The molecule has 164 valence electrons. The van der Waals surface area contributed by atoms with Crippen molar-refractivity contribution < 1.29 is 13.2 Å². The van der Waals surface area contributed by atoms with Crippen molar-refractivity contribution in [2.45, 2.75) is 25.1 Å². The lowest BCUT2D eigenvalue weighted by atomic mass is 9.84. The highest BCUT2D eigenvalue weighted by atomic mass is 19.4. The van der Waals surface area contributed by atoms with Crippen LogP contribution in [0.4, 0.5) is 13.2 Å². The summed E-state index contributed by atoms with van der Waals surface area (Å²) in [6, 6.07) is 13.1. The Hall–Kier alpha value is -2.71. The largest absolute Gasteiger partial charge is 0.416 e. The molecule has 1 aliphatic heterocycles. The number of rotatable bonds is 6. The van der Waals surface area contributed by atoms with E-state index in [0.717, 1.165) is 32.1 Å². The topological polar surface area (TPSA) is 48.1 Å². The lowest BCUT2D eigenvalue weighted by molar-refractivity contribution is -0.139. The first-order valence-electron chi connectivity index (χ1n) is 10.4. The molecule has 4 rings (SSSR count). The van der Waals surface area contributed by atoms with Crippen molar-refractivity contribution in [2.75, 3.05) is 32.7 Å². The van der Waals surface area contributed by atoms with Crippen molar-refractivity contribution in [1.29, 1.82) is 0 Å². The molecule has 31 heavy (non-hydrogen) atoms. The van der Waals surface area contributed by atoms with Gasteiger partial charge in [0, 0.05) is 56.9 Å². The van der Waals surface area contributed by atoms with E-state index < -0.39 is 17.3 Å². The molecule has 3 aromatic rings. The Kier molecular flexibility index (Phi) is 6.11. The van der Waals surface area contributed by atoms with Gasteiger partial charge >= 0.3 is 6.18 Å². The minimum absolute atomic E-state index is 0.143. The van der Waals surface area contributed by atoms with Crippen molar-refractivity contribution in [3.8, 4) is 0 Å². The molecule has 5 nitrogen and oxygen atoms in total. The number of aromatic nitrogens is 3. The summed E-state index contributed by atoms with van der Waals surface area (Å²) < 4.78 is 41.5. The second kappa shape index (κ2) is 8.80. The molecule has 1 aliphatic rings. The zero-order chi connectivity index (χ0) is 21.9. The summed E-state index contributed by atoms with van der Waals surface area (Å²) in [6.07, 6.45) is 0.608. The van der Waals surface area contributed by atoms with Crippen LogP contribution in [-0.2, 0) is 18.1 Å². The quantitative estimate of drug-likeness (QED) is 0.645. The van der Waals surface area contributed by atoms with Gasteiger partial charge in [-0.2, -0.15) is 18.3 Å². The molecule has 0 radical (unpaired) electrons. The Morgan fingerprint density at radius 1 is 0.935 bits per heavy atom. The number of nitrogens with one attached hydrogen (secondary N) is 1. The van der Waals surface area contributed by atoms with Crippen LogP contribution in [0, 0.1) is 0 Å². The van der Waals surface area contributed by atoms with E-state index in [1.54, 1.807) is 12.3 Å². The molecule has 0 saturated carbocycles. The Morgan fingerprint density at radius 2 is 1.68 bits per heavy atom. The predicted molar refractivity (Wildman–Crippen MR) is 112 cm³/mol. The molecule has 2 aromatic heterocycles. The second-order valence-electron chi connectivity index (χ2n) is 8.03. The molecule has 0 amide bonds. The maximum atomic E-state index is 13.8. The number of nitrogens with zero attached hydrogens (tertiary/aromatic N) is 4. The number of H-pyrrole nitrogens is 1. The molecule has 1 N–H and O–H groups in total. The first-order chi connectivity index (χ1) is 14.9. The van der Waals surface area contributed by atoms with Crippen LogP contribution in [0.5, 0.6) is 0 Å². The number of benzene rings is 1.